The van der Waals surface area contributed by atoms with Gasteiger partial charge in [0.1, 0.15) is 5.82 Å². The highest BCUT2D eigenvalue weighted by Gasteiger charge is 2.20. The van der Waals surface area contributed by atoms with E-state index in [0.717, 1.165) is 0 Å². The second-order valence-electron chi connectivity index (χ2n) is 3.19. The Morgan fingerprint density at radius 2 is 2.29 bits per heavy atom. The van der Waals surface area contributed by atoms with Crippen LogP contribution in [0.15, 0.2) is 16.6 Å². The molecule has 14 heavy (non-hydrogen) atoms. The third-order valence-corrected chi connectivity index (χ3v) is 2.71. The number of halogens is 2. The molecule has 1 aliphatic heterocycles. The van der Waals surface area contributed by atoms with E-state index in [1.54, 1.807) is 18.0 Å². The molecule has 0 saturated heterocycles. The van der Waals surface area contributed by atoms with Crippen LogP contribution >= 0.6 is 15.9 Å². The summed E-state index contributed by atoms with van der Waals surface area (Å²) < 4.78 is 13.5. The molecule has 1 heterocycles. The summed E-state index contributed by atoms with van der Waals surface area (Å²) in [4.78, 5) is 12.9. The molecule has 0 radical (unpaired) electrons. The minimum Gasteiger partial charge on any atom is -0.364 e. The predicted octanol–water partition coefficient (Wildman–Crippen LogP) is 1.98. The number of anilines is 2. The molecule has 1 N–H and O–H groups in total. The van der Waals surface area contributed by atoms with Crippen LogP contribution in [0.1, 0.15) is 0 Å². The van der Waals surface area contributed by atoms with Crippen LogP contribution in [-0.4, -0.2) is 19.5 Å². The molecule has 0 atom stereocenters. The standard InChI is InChI=1S/C9H8BrFN2O/c1-13-4-9(14)12-7-2-5(10)6(11)3-8(7)13/h2-3H,4H2,1H3,(H,12,14). The van der Waals surface area contributed by atoms with Crippen LogP contribution in [0.25, 0.3) is 0 Å². The van der Waals surface area contributed by atoms with E-state index >= 15 is 0 Å². The van der Waals surface area contributed by atoms with Gasteiger partial charge < -0.3 is 10.2 Å². The molecule has 0 saturated carbocycles. The van der Waals surface area contributed by atoms with E-state index in [-0.39, 0.29) is 18.3 Å². The van der Waals surface area contributed by atoms with Crippen LogP contribution in [0.2, 0.25) is 0 Å². The van der Waals surface area contributed by atoms with Gasteiger partial charge in [0, 0.05) is 13.1 Å². The number of hydrogen-bond acceptors (Lipinski definition) is 2. The Morgan fingerprint density at radius 1 is 1.57 bits per heavy atom. The molecule has 0 aromatic heterocycles. The van der Waals surface area contributed by atoms with Gasteiger partial charge in [-0.25, -0.2) is 4.39 Å². The summed E-state index contributed by atoms with van der Waals surface area (Å²) in [6, 6.07) is 2.97. The smallest absolute Gasteiger partial charge is 0.243 e. The van der Waals surface area contributed by atoms with E-state index < -0.39 is 0 Å². The highest BCUT2D eigenvalue weighted by molar-refractivity contribution is 9.10. The van der Waals surface area contributed by atoms with E-state index in [1.165, 1.54) is 6.07 Å². The van der Waals surface area contributed by atoms with Gasteiger partial charge in [0.2, 0.25) is 5.91 Å². The van der Waals surface area contributed by atoms with Crippen LogP contribution in [0.5, 0.6) is 0 Å². The minimum absolute atomic E-state index is 0.0847. The minimum atomic E-state index is -0.327. The van der Waals surface area contributed by atoms with E-state index in [4.69, 9.17) is 0 Å². The quantitative estimate of drug-likeness (QED) is 0.772. The van der Waals surface area contributed by atoms with E-state index in [1.807, 2.05) is 0 Å². The maximum atomic E-state index is 13.2. The van der Waals surface area contributed by atoms with Gasteiger partial charge in [-0.15, -0.1) is 0 Å². The Hall–Kier alpha value is -1.10. The number of amides is 1. The van der Waals surface area contributed by atoms with Gasteiger partial charge in [-0.2, -0.15) is 0 Å². The third kappa shape index (κ3) is 1.48. The molecule has 0 aliphatic carbocycles. The molecular weight excluding hydrogens is 251 g/mol. The number of benzene rings is 1. The highest BCUT2D eigenvalue weighted by atomic mass is 79.9. The zero-order valence-electron chi connectivity index (χ0n) is 7.47. The Kier molecular flexibility index (Phi) is 2.19. The molecule has 0 spiro atoms. The molecule has 2 rings (SSSR count). The molecular formula is C9H8BrFN2O. The number of rotatable bonds is 0. The molecule has 1 aromatic rings. The lowest BCUT2D eigenvalue weighted by Gasteiger charge is -2.27. The fourth-order valence-electron chi connectivity index (χ4n) is 1.44. The fourth-order valence-corrected chi connectivity index (χ4v) is 1.79. The van der Waals surface area contributed by atoms with Crippen molar-refractivity contribution in [2.45, 2.75) is 0 Å². The van der Waals surface area contributed by atoms with Gasteiger partial charge >= 0.3 is 0 Å². The molecule has 0 fully saturated rings. The lowest BCUT2D eigenvalue weighted by molar-refractivity contribution is -0.115. The fraction of sp³-hybridized carbons (Fsp3) is 0.222. The van der Waals surface area contributed by atoms with Crippen molar-refractivity contribution in [1.29, 1.82) is 0 Å². The zero-order valence-corrected chi connectivity index (χ0v) is 9.06. The molecule has 1 aromatic carbocycles. The predicted molar refractivity (Wildman–Crippen MR) is 56.0 cm³/mol. The van der Waals surface area contributed by atoms with Gasteiger partial charge in [-0.05, 0) is 22.0 Å². The Morgan fingerprint density at radius 3 is 3.00 bits per heavy atom. The molecule has 0 unspecified atom stereocenters. The van der Waals surface area contributed by atoms with E-state index in [0.29, 0.717) is 15.8 Å². The topological polar surface area (TPSA) is 32.3 Å². The van der Waals surface area contributed by atoms with Gasteiger partial charge in [-0.1, -0.05) is 0 Å². The number of carbonyl (C=O) groups excluding carboxylic acids is 1. The van der Waals surface area contributed by atoms with E-state index in [9.17, 15) is 9.18 Å². The number of hydrogen-bond donors (Lipinski definition) is 1. The van der Waals surface area contributed by atoms with Crippen molar-refractivity contribution in [3.8, 4) is 0 Å². The number of carbonyl (C=O) groups is 1. The highest BCUT2D eigenvalue weighted by Crippen LogP contribution is 2.33. The van der Waals surface area contributed by atoms with Gasteiger partial charge in [0.25, 0.3) is 0 Å². The molecule has 3 nitrogen and oxygen atoms in total. The average molecular weight is 259 g/mol. The van der Waals surface area contributed by atoms with Crippen molar-refractivity contribution in [3.63, 3.8) is 0 Å². The monoisotopic (exact) mass is 258 g/mol. The van der Waals surface area contributed by atoms with Crippen LogP contribution in [-0.2, 0) is 4.79 Å². The summed E-state index contributed by atoms with van der Waals surface area (Å²) in [6.07, 6.45) is 0. The first-order valence-corrected chi connectivity index (χ1v) is 4.87. The molecule has 74 valence electrons. The molecule has 1 aliphatic rings. The van der Waals surface area contributed by atoms with Gasteiger partial charge in [0.05, 0.1) is 22.4 Å². The normalized spacial score (nSPS) is 15.1. The van der Waals surface area contributed by atoms with Crippen LogP contribution in [0.3, 0.4) is 0 Å². The van der Waals surface area contributed by atoms with Crippen molar-refractivity contribution < 1.29 is 9.18 Å². The average Bonchev–Trinajstić information content (AvgIpc) is 2.08. The summed E-state index contributed by atoms with van der Waals surface area (Å²) in [5.41, 5.74) is 1.34. The first kappa shape index (κ1) is 9.45. The van der Waals surface area contributed by atoms with Crippen LogP contribution < -0.4 is 10.2 Å². The zero-order chi connectivity index (χ0) is 10.3. The second kappa shape index (κ2) is 3.24. The molecule has 1 amide bonds. The number of likely N-dealkylation sites (N-methyl/N-ethyl adjacent to an activating group) is 1. The van der Waals surface area contributed by atoms with Gasteiger partial charge in [-0.3, -0.25) is 4.79 Å². The first-order valence-electron chi connectivity index (χ1n) is 4.08. The SMILES string of the molecule is CN1CC(=O)Nc2cc(Br)c(F)cc21. The number of fused-ring (bicyclic) bond motifs is 1. The summed E-state index contributed by atoms with van der Waals surface area (Å²) in [5.74, 6) is -0.412. The maximum Gasteiger partial charge on any atom is 0.243 e. The summed E-state index contributed by atoms with van der Waals surface area (Å²) >= 11 is 3.07. The van der Waals surface area contributed by atoms with Crippen molar-refractivity contribution >= 4 is 33.2 Å². The first-order chi connectivity index (χ1) is 6.58. The number of nitrogens with zero attached hydrogens (tertiary/aromatic N) is 1. The van der Waals surface area contributed by atoms with Crippen molar-refractivity contribution in [3.05, 3.63) is 22.4 Å². The maximum absolute atomic E-state index is 13.2. The Labute approximate surface area is 89.0 Å². The summed E-state index contributed by atoms with van der Waals surface area (Å²) in [5, 5.41) is 2.68. The van der Waals surface area contributed by atoms with Crippen molar-refractivity contribution in [1.82, 2.24) is 0 Å². The van der Waals surface area contributed by atoms with Crippen molar-refractivity contribution in [2.75, 3.05) is 23.8 Å². The second-order valence-corrected chi connectivity index (χ2v) is 4.04. The lowest BCUT2D eigenvalue weighted by Crippen LogP contribution is -2.35. The van der Waals surface area contributed by atoms with Crippen LogP contribution in [0, 0.1) is 5.82 Å². The largest absolute Gasteiger partial charge is 0.364 e. The molecule has 5 heteroatoms. The van der Waals surface area contributed by atoms with E-state index in [2.05, 4.69) is 21.2 Å². The Balaban J connectivity index is 2.54. The lowest BCUT2D eigenvalue weighted by atomic mass is 10.2. The Bertz CT molecular complexity index is 408. The third-order valence-electron chi connectivity index (χ3n) is 2.10. The van der Waals surface area contributed by atoms with Gasteiger partial charge in [0.15, 0.2) is 0 Å². The number of nitrogens with one attached hydrogen (secondary N) is 1. The van der Waals surface area contributed by atoms with Crippen molar-refractivity contribution in [2.24, 2.45) is 0 Å². The summed E-state index contributed by atoms with van der Waals surface area (Å²) in [7, 11) is 1.75. The molecule has 0 bridgehead atoms. The van der Waals surface area contributed by atoms with Crippen LogP contribution in [0.4, 0.5) is 15.8 Å². The summed E-state index contributed by atoms with van der Waals surface area (Å²) in [6.45, 7) is 0.258.